The van der Waals surface area contributed by atoms with Crippen LogP contribution in [0.3, 0.4) is 0 Å². The van der Waals surface area contributed by atoms with E-state index in [1.165, 1.54) is 18.2 Å². The van der Waals surface area contributed by atoms with Gasteiger partial charge < -0.3 is 4.90 Å². The van der Waals surface area contributed by atoms with Crippen molar-refractivity contribution in [3.63, 3.8) is 0 Å². The molecule has 1 amide bonds. The fraction of sp³-hybridized carbons (Fsp3) is 0.273. The van der Waals surface area contributed by atoms with Gasteiger partial charge in [-0.2, -0.15) is 0 Å². The van der Waals surface area contributed by atoms with Crippen LogP contribution in [0, 0.1) is 12.7 Å². The van der Waals surface area contributed by atoms with Crippen LogP contribution in [0.15, 0.2) is 59.5 Å². The van der Waals surface area contributed by atoms with Crippen molar-refractivity contribution in [2.45, 2.75) is 30.7 Å². The molecule has 1 atom stereocenters. The number of fused-ring (bicyclic) bond motifs is 1. The Hall–Kier alpha value is -2.84. The number of para-hydroxylation sites is 1. The van der Waals surface area contributed by atoms with E-state index in [-0.39, 0.29) is 17.3 Å². The van der Waals surface area contributed by atoms with E-state index in [0.717, 1.165) is 22.7 Å². The number of carbonyl (C=O) groups excluding carboxylic acids is 1. The maximum atomic E-state index is 13.4. The van der Waals surface area contributed by atoms with Crippen LogP contribution in [0.2, 0.25) is 0 Å². The summed E-state index contributed by atoms with van der Waals surface area (Å²) in [6, 6.07) is 13.7. The summed E-state index contributed by atoms with van der Waals surface area (Å²) in [5.41, 5.74) is 2.06. The van der Waals surface area contributed by atoms with Crippen LogP contribution in [0.4, 0.5) is 4.39 Å². The van der Waals surface area contributed by atoms with Gasteiger partial charge in [0, 0.05) is 30.2 Å². The van der Waals surface area contributed by atoms with Gasteiger partial charge in [0.05, 0.1) is 16.0 Å². The molecule has 156 valence electrons. The fourth-order valence-corrected chi connectivity index (χ4v) is 5.13. The number of benzene rings is 2. The Labute approximate surface area is 174 Å². The Bertz CT molecular complexity index is 1210. The third kappa shape index (κ3) is 4.20. The number of piperidine rings is 1. The minimum absolute atomic E-state index is 0.123. The summed E-state index contributed by atoms with van der Waals surface area (Å²) < 4.78 is 41.3. The molecule has 0 aliphatic carbocycles. The Morgan fingerprint density at radius 3 is 2.77 bits per heavy atom. The number of rotatable bonds is 4. The van der Waals surface area contributed by atoms with E-state index >= 15 is 0 Å². The molecule has 0 radical (unpaired) electrons. The molecule has 2 heterocycles. The monoisotopic (exact) mass is 427 g/mol. The predicted octanol–water partition coefficient (Wildman–Crippen LogP) is 3.27. The highest BCUT2D eigenvalue weighted by Crippen LogP contribution is 2.22. The van der Waals surface area contributed by atoms with Gasteiger partial charge >= 0.3 is 0 Å². The Morgan fingerprint density at radius 1 is 1.17 bits per heavy atom. The number of nitrogens with zero attached hydrogens (tertiary/aromatic N) is 2. The molecule has 4 rings (SSSR count). The SMILES string of the molecule is Cc1cc(C(=O)N2CCCC(NS(=O)(=O)c3cccc(F)c3)C2)c2ccccc2n1. The molecule has 1 N–H and O–H groups in total. The van der Waals surface area contributed by atoms with E-state index in [2.05, 4.69) is 9.71 Å². The highest BCUT2D eigenvalue weighted by atomic mass is 32.2. The molecule has 0 spiro atoms. The van der Waals surface area contributed by atoms with Gasteiger partial charge in [-0.25, -0.2) is 17.5 Å². The van der Waals surface area contributed by atoms with Crippen molar-refractivity contribution in [2.24, 2.45) is 0 Å². The Kier molecular flexibility index (Phi) is 5.53. The smallest absolute Gasteiger partial charge is 0.254 e. The molecule has 1 aliphatic heterocycles. The number of hydrogen-bond acceptors (Lipinski definition) is 4. The van der Waals surface area contributed by atoms with Crippen molar-refractivity contribution < 1.29 is 17.6 Å². The first kappa shape index (κ1) is 20.4. The van der Waals surface area contributed by atoms with Crippen LogP contribution >= 0.6 is 0 Å². The molecule has 0 bridgehead atoms. The van der Waals surface area contributed by atoms with Crippen LogP contribution in [0.25, 0.3) is 10.9 Å². The summed E-state index contributed by atoms with van der Waals surface area (Å²) >= 11 is 0. The van der Waals surface area contributed by atoms with Crippen molar-refractivity contribution in [1.82, 2.24) is 14.6 Å². The molecule has 8 heteroatoms. The fourth-order valence-electron chi connectivity index (χ4n) is 3.83. The van der Waals surface area contributed by atoms with Crippen LogP contribution in [0.5, 0.6) is 0 Å². The van der Waals surface area contributed by atoms with Gasteiger partial charge in [-0.1, -0.05) is 24.3 Å². The molecule has 3 aromatic rings. The molecule has 6 nitrogen and oxygen atoms in total. The number of aryl methyl sites for hydroxylation is 1. The van der Waals surface area contributed by atoms with Crippen molar-refractivity contribution in [2.75, 3.05) is 13.1 Å². The average molecular weight is 428 g/mol. The lowest BCUT2D eigenvalue weighted by Crippen LogP contribution is -2.49. The summed E-state index contributed by atoms with van der Waals surface area (Å²) in [6.07, 6.45) is 1.28. The zero-order chi connectivity index (χ0) is 21.3. The number of pyridine rings is 1. The number of amides is 1. The predicted molar refractivity (Wildman–Crippen MR) is 112 cm³/mol. The van der Waals surface area contributed by atoms with Gasteiger partial charge in [-0.15, -0.1) is 0 Å². The van der Waals surface area contributed by atoms with Crippen LogP contribution in [0.1, 0.15) is 28.9 Å². The number of aromatic nitrogens is 1. The molecular weight excluding hydrogens is 405 g/mol. The summed E-state index contributed by atoms with van der Waals surface area (Å²) in [5.74, 6) is -0.760. The number of carbonyl (C=O) groups is 1. The Morgan fingerprint density at radius 2 is 1.97 bits per heavy atom. The van der Waals surface area contributed by atoms with E-state index < -0.39 is 21.9 Å². The van der Waals surface area contributed by atoms with Gasteiger partial charge in [0.1, 0.15) is 5.82 Å². The molecule has 1 saturated heterocycles. The standard InChI is InChI=1S/C22H22FN3O3S/c1-15-12-20(19-9-2-3-10-21(19)24-15)22(27)26-11-5-7-17(14-26)25-30(28,29)18-8-4-6-16(23)13-18/h2-4,6,8-10,12-13,17,25H,5,7,11,14H2,1H3. The van der Waals surface area contributed by atoms with Crippen molar-refractivity contribution in [3.8, 4) is 0 Å². The van der Waals surface area contributed by atoms with Gasteiger partial charge in [0.25, 0.3) is 5.91 Å². The highest BCUT2D eigenvalue weighted by Gasteiger charge is 2.29. The van der Waals surface area contributed by atoms with Gasteiger partial charge in [-0.3, -0.25) is 9.78 Å². The van der Waals surface area contributed by atoms with E-state index in [9.17, 15) is 17.6 Å². The van der Waals surface area contributed by atoms with E-state index in [0.29, 0.717) is 24.9 Å². The minimum Gasteiger partial charge on any atom is -0.337 e. The second-order valence-electron chi connectivity index (χ2n) is 7.50. The lowest BCUT2D eigenvalue weighted by molar-refractivity contribution is 0.0705. The van der Waals surface area contributed by atoms with Gasteiger partial charge in [-0.05, 0) is 50.1 Å². The number of likely N-dealkylation sites (tertiary alicyclic amines) is 1. The quantitative estimate of drug-likeness (QED) is 0.693. The second kappa shape index (κ2) is 8.12. The van der Waals surface area contributed by atoms with E-state index in [1.807, 2.05) is 31.2 Å². The highest BCUT2D eigenvalue weighted by molar-refractivity contribution is 7.89. The van der Waals surface area contributed by atoms with Crippen LogP contribution in [-0.4, -0.2) is 43.3 Å². The van der Waals surface area contributed by atoms with Crippen LogP contribution < -0.4 is 4.72 Å². The van der Waals surface area contributed by atoms with E-state index in [1.54, 1.807) is 11.0 Å². The molecule has 1 unspecified atom stereocenters. The molecule has 30 heavy (non-hydrogen) atoms. The molecule has 0 saturated carbocycles. The molecule has 1 fully saturated rings. The topological polar surface area (TPSA) is 79.4 Å². The summed E-state index contributed by atoms with van der Waals surface area (Å²) in [5, 5.41) is 0.774. The summed E-state index contributed by atoms with van der Waals surface area (Å²) in [4.78, 5) is 19.3. The largest absolute Gasteiger partial charge is 0.337 e. The second-order valence-corrected chi connectivity index (χ2v) is 9.21. The van der Waals surface area contributed by atoms with Crippen LogP contribution in [-0.2, 0) is 10.0 Å². The molecule has 2 aromatic carbocycles. The number of halogens is 1. The zero-order valence-corrected chi connectivity index (χ0v) is 17.3. The number of hydrogen-bond donors (Lipinski definition) is 1. The zero-order valence-electron chi connectivity index (χ0n) is 16.5. The lowest BCUT2D eigenvalue weighted by Gasteiger charge is -2.33. The molecular formula is C22H22FN3O3S. The minimum atomic E-state index is -3.88. The Balaban J connectivity index is 1.55. The van der Waals surface area contributed by atoms with Gasteiger partial charge in [0.2, 0.25) is 10.0 Å². The average Bonchev–Trinajstić information content (AvgIpc) is 2.72. The first-order valence-corrected chi connectivity index (χ1v) is 11.3. The van der Waals surface area contributed by atoms with E-state index in [4.69, 9.17) is 0 Å². The van der Waals surface area contributed by atoms with Crippen molar-refractivity contribution >= 4 is 26.8 Å². The summed E-state index contributed by atoms with van der Waals surface area (Å²) in [7, 11) is -3.88. The first-order chi connectivity index (χ1) is 14.3. The van der Waals surface area contributed by atoms with Gasteiger partial charge in [0.15, 0.2) is 0 Å². The lowest BCUT2D eigenvalue weighted by atomic mass is 10.0. The molecule has 1 aliphatic rings. The van der Waals surface area contributed by atoms with Crippen molar-refractivity contribution in [3.05, 3.63) is 71.7 Å². The first-order valence-electron chi connectivity index (χ1n) is 9.77. The third-order valence-electron chi connectivity index (χ3n) is 5.21. The normalized spacial score (nSPS) is 17.3. The maximum Gasteiger partial charge on any atom is 0.254 e. The number of nitrogens with one attached hydrogen (secondary N) is 1. The number of sulfonamides is 1. The van der Waals surface area contributed by atoms with Crippen molar-refractivity contribution in [1.29, 1.82) is 0 Å². The third-order valence-corrected chi connectivity index (χ3v) is 6.73. The maximum absolute atomic E-state index is 13.4. The molecule has 1 aromatic heterocycles. The summed E-state index contributed by atoms with van der Waals surface area (Å²) in [6.45, 7) is 2.64.